The molecule has 2 atom stereocenters. The van der Waals surface area contributed by atoms with E-state index in [1.54, 1.807) is 32.0 Å². The molecule has 8 heteroatoms. The first-order valence-electron chi connectivity index (χ1n) is 11.2. The van der Waals surface area contributed by atoms with E-state index in [0.717, 1.165) is 0 Å². The van der Waals surface area contributed by atoms with Crippen molar-refractivity contribution >= 4 is 57.8 Å². The minimum atomic E-state index is -1.24. The van der Waals surface area contributed by atoms with E-state index in [1.165, 1.54) is 10.0 Å². The number of carbonyl (C=O) groups is 2. The number of benzene rings is 3. The molecular formula is C27H20Cl2N4O2. The first kappa shape index (κ1) is 22.0. The lowest BCUT2D eigenvalue weighted by Crippen LogP contribution is -2.40. The number of fused-ring (bicyclic) bond motifs is 1. The first-order chi connectivity index (χ1) is 16.8. The van der Waals surface area contributed by atoms with Gasteiger partial charge in [-0.25, -0.2) is 0 Å². The van der Waals surface area contributed by atoms with Crippen LogP contribution in [0.5, 0.6) is 0 Å². The molecule has 3 aromatic rings. The Labute approximate surface area is 212 Å². The second-order valence-corrected chi connectivity index (χ2v) is 9.83. The van der Waals surface area contributed by atoms with Gasteiger partial charge in [-0.3, -0.25) is 9.59 Å². The summed E-state index contributed by atoms with van der Waals surface area (Å²) in [4.78, 5) is 28.5. The van der Waals surface area contributed by atoms with Crippen LogP contribution in [0.4, 0.5) is 11.4 Å². The lowest BCUT2D eigenvalue weighted by atomic mass is 9.85. The van der Waals surface area contributed by atoms with Crippen LogP contribution in [-0.2, 0) is 9.59 Å². The van der Waals surface area contributed by atoms with Crippen molar-refractivity contribution in [1.82, 2.24) is 0 Å². The molecular weight excluding hydrogens is 483 g/mol. The zero-order valence-electron chi connectivity index (χ0n) is 18.9. The summed E-state index contributed by atoms with van der Waals surface area (Å²) in [7, 11) is 0. The van der Waals surface area contributed by atoms with Crippen molar-refractivity contribution in [2.45, 2.75) is 19.8 Å². The second-order valence-electron chi connectivity index (χ2n) is 8.99. The van der Waals surface area contributed by atoms with Gasteiger partial charge in [-0.1, -0.05) is 65.7 Å². The Morgan fingerprint density at radius 2 is 1.17 bits per heavy atom. The molecule has 2 unspecified atom stereocenters. The number of halogens is 2. The Bertz CT molecular complexity index is 1370. The highest BCUT2D eigenvalue weighted by molar-refractivity contribution is 6.39. The third kappa shape index (κ3) is 2.66. The summed E-state index contributed by atoms with van der Waals surface area (Å²) in [6.45, 7) is 3.61. The molecule has 3 aromatic carbocycles. The Morgan fingerprint density at radius 3 is 1.60 bits per heavy atom. The highest BCUT2D eigenvalue weighted by Crippen LogP contribution is 2.79. The first-order valence-corrected chi connectivity index (χ1v) is 12.0. The molecule has 1 fully saturated rings. The minimum Gasteiger partial charge on any atom is -0.271 e. The highest BCUT2D eigenvalue weighted by atomic mass is 35.5. The molecule has 0 aromatic heterocycles. The largest absolute Gasteiger partial charge is 0.271 e. The summed E-state index contributed by atoms with van der Waals surface area (Å²) < 4.78 is 0. The van der Waals surface area contributed by atoms with Crippen LogP contribution in [0.3, 0.4) is 0 Å². The summed E-state index contributed by atoms with van der Waals surface area (Å²) in [5.41, 5.74) is 0.573. The molecule has 0 N–H and O–H groups in total. The number of anilines is 2. The number of hydrogen-bond donors (Lipinski definition) is 0. The molecule has 2 amide bonds. The molecule has 174 valence electrons. The van der Waals surface area contributed by atoms with Crippen LogP contribution in [0, 0.1) is 10.8 Å². The number of para-hydroxylation sites is 2. The van der Waals surface area contributed by atoms with E-state index in [2.05, 4.69) is 10.2 Å². The smallest absolute Gasteiger partial charge is 0.261 e. The lowest BCUT2D eigenvalue weighted by Gasteiger charge is -2.18. The third-order valence-corrected chi connectivity index (χ3v) is 7.94. The molecule has 2 aliphatic heterocycles. The van der Waals surface area contributed by atoms with Gasteiger partial charge in [0.15, 0.2) is 0 Å². The van der Waals surface area contributed by atoms with E-state index in [4.69, 9.17) is 23.2 Å². The van der Waals surface area contributed by atoms with Gasteiger partial charge in [-0.05, 0) is 55.8 Å². The standard InChI is InChI=1S/C27H20Cl2N4O2/c1-16-26(24(34)32(30-16)19-9-5-3-6-10-19)23(21-14-13-18(28)15-22(21)29)27(26)17(2)31-33(25(27)35)20-11-7-4-8-12-20/h3-15,23H,1-2H3. The summed E-state index contributed by atoms with van der Waals surface area (Å²) in [6, 6.07) is 23.6. The van der Waals surface area contributed by atoms with Crippen molar-refractivity contribution in [2.75, 3.05) is 10.0 Å². The summed E-state index contributed by atoms with van der Waals surface area (Å²) in [5, 5.41) is 13.0. The molecule has 0 saturated heterocycles. The van der Waals surface area contributed by atoms with Gasteiger partial charge < -0.3 is 0 Å². The van der Waals surface area contributed by atoms with Crippen molar-refractivity contribution in [3.05, 3.63) is 94.5 Å². The Morgan fingerprint density at radius 1 is 0.714 bits per heavy atom. The van der Waals surface area contributed by atoms with E-state index in [0.29, 0.717) is 38.4 Å². The molecule has 1 aliphatic carbocycles. The molecule has 6 rings (SSSR count). The minimum absolute atomic E-state index is 0.268. The zero-order chi connectivity index (χ0) is 24.5. The monoisotopic (exact) mass is 502 g/mol. The van der Waals surface area contributed by atoms with Gasteiger partial charge in [-0.15, -0.1) is 0 Å². The van der Waals surface area contributed by atoms with E-state index in [9.17, 15) is 9.59 Å². The van der Waals surface area contributed by atoms with Crippen molar-refractivity contribution in [3.63, 3.8) is 0 Å². The van der Waals surface area contributed by atoms with Crippen LogP contribution < -0.4 is 10.0 Å². The average Bonchev–Trinajstić information content (AvgIpc) is 3.32. The van der Waals surface area contributed by atoms with Gasteiger partial charge in [-0.2, -0.15) is 20.2 Å². The Balaban J connectivity index is 1.56. The van der Waals surface area contributed by atoms with Crippen LogP contribution in [0.2, 0.25) is 10.0 Å². The summed E-state index contributed by atoms with van der Waals surface area (Å²) in [5.74, 6) is -1.11. The van der Waals surface area contributed by atoms with Crippen LogP contribution in [0.1, 0.15) is 25.3 Å². The van der Waals surface area contributed by atoms with Crippen molar-refractivity contribution in [3.8, 4) is 0 Å². The molecule has 0 bridgehead atoms. The average molecular weight is 503 g/mol. The number of hydrazone groups is 2. The fourth-order valence-corrected chi connectivity index (χ4v) is 6.45. The van der Waals surface area contributed by atoms with Gasteiger partial charge in [0.1, 0.15) is 10.8 Å². The fraction of sp³-hybridized carbons (Fsp3) is 0.185. The van der Waals surface area contributed by atoms with Crippen molar-refractivity contribution < 1.29 is 9.59 Å². The zero-order valence-corrected chi connectivity index (χ0v) is 20.5. The SMILES string of the molecule is CC1=NN(c2ccccc2)C(=O)C12C(c1ccc(Cl)cc1Cl)C21C(=O)N(c2ccccc2)N=C1C. The predicted molar refractivity (Wildman–Crippen MR) is 138 cm³/mol. The highest BCUT2D eigenvalue weighted by Gasteiger charge is 2.91. The molecule has 2 spiro atoms. The maximum absolute atomic E-state index is 14.3. The van der Waals surface area contributed by atoms with Crippen molar-refractivity contribution in [2.24, 2.45) is 21.0 Å². The second kappa shape index (κ2) is 7.51. The quantitative estimate of drug-likeness (QED) is 0.446. The molecule has 2 heterocycles. The fourth-order valence-electron chi connectivity index (χ4n) is 5.93. The molecule has 0 radical (unpaired) electrons. The van der Waals surface area contributed by atoms with Crippen LogP contribution >= 0.6 is 23.2 Å². The molecule has 35 heavy (non-hydrogen) atoms. The third-order valence-electron chi connectivity index (χ3n) is 7.38. The summed E-state index contributed by atoms with van der Waals surface area (Å²) >= 11 is 12.9. The van der Waals surface area contributed by atoms with E-state index in [-0.39, 0.29) is 11.8 Å². The van der Waals surface area contributed by atoms with E-state index in [1.807, 2.05) is 60.7 Å². The molecule has 6 nitrogen and oxygen atoms in total. The Kier molecular flexibility index (Phi) is 4.72. The van der Waals surface area contributed by atoms with Gasteiger partial charge in [0.05, 0.1) is 22.8 Å². The van der Waals surface area contributed by atoms with Gasteiger partial charge in [0, 0.05) is 16.0 Å². The topological polar surface area (TPSA) is 65.3 Å². The van der Waals surface area contributed by atoms with Crippen LogP contribution in [0.25, 0.3) is 0 Å². The Hall–Kier alpha value is -3.48. The van der Waals surface area contributed by atoms with E-state index >= 15 is 0 Å². The van der Waals surface area contributed by atoms with Crippen LogP contribution in [-0.4, -0.2) is 23.2 Å². The van der Waals surface area contributed by atoms with Gasteiger partial charge in [0.25, 0.3) is 11.8 Å². The molecule has 3 aliphatic rings. The van der Waals surface area contributed by atoms with E-state index < -0.39 is 16.7 Å². The maximum Gasteiger partial charge on any atom is 0.261 e. The number of nitrogens with zero attached hydrogens (tertiary/aromatic N) is 4. The van der Waals surface area contributed by atoms with Crippen molar-refractivity contribution in [1.29, 1.82) is 0 Å². The number of carbonyl (C=O) groups excluding carboxylic acids is 2. The number of hydrogen-bond acceptors (Lipinski definition) is 4. The van der Waals surface area contributed by atoms with Crippen LogP contribution in [0.15, 0.2) is 89.1 Å². The molecule has 1 saturated carbocycles. The maximum atomic E-state index is 14.3. The normalized spacial score (nSPS) is 27.1. The van der Waals surface area contributed by atoms with Gasteiger partial charge >= 0.3 is 0 Å². The lowest BCUT2D eigenvalue weighted by molar-refractivity contribution is -0.126. The number of amides is 2. The number of rotatable bonds is 3. The predicted octanol–water partition coefficient (Wildman–Crippen LogP) is 5.91. The van der Waals surface area contributed by atoms with Gasteiger partial charge in [0.2, 0.25) is 0 Å². The summed E-state index contributed by atoms with van der Waals surface area (Å²) in [6.07, 6.45) is 0.